The number of anilines is 2. The van der Waals surface area contributed by atoms with Crippen molar-refractivity contribution in [1.29, 1.82) is 0 Å². The SMILES string of the molecule is CC(=O)Nc1cc(C(=O)NC2CCC(N)CC2)ccc1N1CCN(C(=O)c2cccs2)CC1. The molecule has 176 valence electrons. The molecule has 1 aliphatic carbocycles. The second kappa shape index (κ2) is 10.4. The molecule has 9 heteroatoms. The van der Waals surface area contributed by atoms with Crippen LogP contribution in [0, 0.1) is 0 Å². The zero-order chi connectivity index (χ0) is 23.4. The molecule has 0 spiro atoms. The van der Waals surface area contributed by atoms with E-state index in [1.54, 1.807) is 12.1 Å². The molecule has 8 nitrogen and oxygen atoms in total. The quantitative estimate of drug-likeness (QED) is 0.624. The number of hydrogen-bond acceptors (Lipinski definition) is 6. The molecule has 4 N–H and O–H groups in total. The Labute approximate surface area is 198 Å². The van der Waals surface area contributed by atoms with Gasteiger partial charge in [-0.1, -0.05) is 6.07 Å². The van der Waals surface area contributed by atoms with Crippen molar-refractivity contribution < 1.29 is 14.4 Å². The average molecular weight is 470 g/mol. The van der Waals surface area contributed by atoms with Gasteiger partial charge < -0.3 is 26.2 Å². The lowest BCUT2D eigenvalue weighted by Crippen LogP contribution is -2.48. The number of benzene rings is 1. The van der Waals surface area contributed by atoms with E-state index in [4.69, 9.17) is 5.73 Å². The van der Waals surface area contributed by atoms with Gasteiger partial charge in [0.25, 0.3) is 11.8 Å². The van der Waals surface area contributed by atoms with Gasteiger partial charge in [-0.3, -0.25) is 14.4 Å². The Kier molecular flexibility index (Phi) is 7.29. The van der Waals surface area contributed by atoms with Gasteiger partial charge in [0.1, 0.15) is 0 Å². The zero-order valence-corrected chi connectivity index (χ0v) is 19.7. The number of piperazine rings is 1. The maximum atomic E-state index is 12.8. The molecule has 1 aliphatic heterocycles. The Morgan fingerprint density at radius 3 is 2.39 bits per heavy atom. The van der Waals surface area contributed by atoms with Crippen LogP contribution in [0.15, 0.2) is 35.7 Å². The maximum absolute atomic E-state index is 12.8. The van der Waals surface area contributed by atoms with Crippen LogP contribution in [0.4, 0.5) is 11.4 Å². The van der Waals surface area contributed by atoms with Crippen LogP contribution in [0.3, 0.4) is 0 Å². The number of rotatable bonds is 5. The molecule has 3 amide bonds. The maximum Gasteiger partial charge on any atom is 0.264 e. The summed E-state index contributed by atoms with van der Waals surface area (Å²) in [4.78, 5) is 42.1. The molecular formula is C24H31N5O3S. The number of carbonyl (C=O) groups is 3. The fourth-order valence-electron chi connectivity index (χ4n) is 4.48. The molecule has 2 heterocycles. The van der Waals surface area contributed by atoms with Crippen molar-refractivity contribution in [1.82, 2.24) is 10.2 Å². The van der Waals surface area contributed by atoms with E-state index in [1.165, 1.54) is 18.3 Å². The molecule has 0 unspecified atom stereocenters. The van der Waals surface area contributed by atoms with E-state index in [9.17, 15) is 14.4 Å². The number of nitrogens with two attached hydrogens (primary N) is 1. The molecule has 0 atom stereocenters. The summed E-state index contributed by atoms with van der Waals surface area (Å²) in [7, 11) is 0. The number of hydrogen-bond donors (Lipinski definition) is 3. The lowest BCUT2D eigenvalue weighted by Gasteiger charge is -2.37. The summed E-state index contributed by atoms with van der Waals surface area (Å²) in [5.41, 5.74) is 7.95. The van der Waals surface area contributed by atoms with Gasteiger partial charge in [0.15, 0.2) is 0 Å². The molecule has 0 radical (unpaired) electrons. The Bertz CT molecular complexity index is 994. The van der Waals surface area contributed by atoms with Crippen LogP contribution in [0.5, 0.6) is 0 Å². The van der Waals surface area contributed by atoms with E-state index in [0.717, 1.165) is 36.2 Å². The molecular weight excluding hydrogens is 438 g/mol. The van der Waals surface area contributed by atoms with E-state index in [2.05, 4.69) is 15.5 Å². The molecule has 2 fully saturated rings. The van der Waals surface area contributed by atoms with Crippen molar-refractivity contribution in [3.8, 4) is 0 Å². The first-order chi connectivity index (χ1) is 15.9. The van der Waals surface area contributed by atoms with E-state index in [-0.39, 0.29) is 29.8 Å². The highest BCUT2D eigenvalue weighted by Gasteiger charge is 2.25. The fraction of sp³-hybridized carbons (Fsp3) is 0.458. The molecule has 1 saturated heterocycles. The number of amides is 3. The Morgan fingerprint density at radius 1 is 1.03 bits per heavy atom. The second-order valence-corrected chi connectivity index (χ2v) is 9.70. The molecule has 2 aromatic rings. The summed E-state index contributed by atoms with van der Waals surface area (Å²) < 4.78 is 0. The average Bonchev–Trinajstić information content (AvgIpc) is 3.35. The van der Waals surface area contributed by atoms with E-state index in [1.807, 2.05) is 28.5 Å². The first kappa shape index (κ1) is 23.3. The summed E-state index contributed by atoms with van der Waals surface area (Å²) >= 11 is 1.45. The van der Waals surface area contributed by atoms with Crippen LogP contribution in [-0.2, 0) is 4.79 Å². The van der Waals surface area contributed by atoms with Gasteiger partial charge >= 0.3 is 0 Å². The molecule has 1 aromatic carbocycles. The van der Waals surface area contributed by atoms with Gasteiger partial charge in [-0.15, -0.1) is 11.3 Å². The normalized spacial score (nSPS) is 20.9. The van der Waals surface area contributed by atoms with Gasteiger partial charge in [-0.25, -0.2) is 0 Å². The Hall–Kier alpha value is -2.91. The summed E-state index contributed by atoms with van der Waals surface area (Å²) in [6.07, 6.45) is 3.61. The first-order valence-corrected chi connectivity index (χ1v) is 12.3. The van der Waals surface area contributed by atoms with Crippen molar-refractivity contribution in [3.63, 3.8) is 0 Å². The van der Waals surface area contributed by atoms with Crippen molar-refractivity contribution >= 4 is 40.4 Å². The van der Waals surface area contributed by atoms with Crippen molar-refractivity contribution in [2.45, 2.75) is 44.7 Å². The highest BCUT2D eigenvalue weighted by atomic mass is 32.1. The minimum absolute atomic E-state index is 0.0578. The van der Waals surface area contributed by atoms with Crippen LogP contribution in [-0.4, -0.2) is 60.9 Å². The van der Waals surface area contributed by atoms with E-state index < -0.39 is 0 Å². The number of thiophene rings is 1. The molecule has 0 bridgehead atoms. The third kappa shape index (κ3) is 5.72. The Morgan fingerprint density at radius 2 is 1.76 bits per heavy atom. The molecule has 33 heavy (non-hydrogen) atoms. The number of carbonyl (C=O) groups excluding carboxylic acids is 3. The van der Waals surface area contributed by atoms with Crippen LogP contribution >= 0.6 is 11.3 Å². The summed E-state index contributed by atoms with van der Waals surface area (Å²) in [6, 6.07) is 9.51. The molecule has 2 aliphatic rings. The highest BCUT2D eigenvalue weighted by molar-refractivity contribution is 7.12. The monoisotopic (exact) mass is 469 g/mol. The van der Waals surface area contributed by atoms with E-state index >= 15 is 0 Å². The molecule has 1 saturated carbocycles. The third-order valence-electron chi connectivity index (χ3n) is 6.32. The van der Waals surface area contributed by atoms with E-state index in [0.29, 0.717) is 37.4 Å². The van der Waals surface area contributed by atoms with Gasteiger partial charge in [-0.05, 0) is 55.3 Å². The minimum atomic E-state index is -0.193. The van der Waals surface area contributed by atoms with Gasteiger partial charge in [-0.2, -0.15) is 0 Å². The minimum Gasteiger partial charge on any atom is -0.366 e. The predicted molar refractivity (Wildman–Crippen MR) is 131 cm³/mol. The summed E-state index contributed by atoms with van der Waals surface area (Å²) in [6.45, 7) is 3.96. The Balaban J connectivity index is 1.44. The highest BCUT2D eigenvalue weighted by Crippen LogP contribution is 2.29. The van der Waals surface area contributed by atoms with Gasteiger partial charge in [0.05, 0.1) is 16.3 Å². The smallest absolute Gasteiger partial charge is 0.264 e. The van der Waals surface area contributed by atoms with Crippen molar-refractivity contribution in [3.05, 3.63) is 46.2 Å². The van der Waals surface area contributed by atoms with Crippen LogP contribution in [0.25, 0.3) is 0 Å². The molecule has 4 rings (SSSR count). The number of nitrogens with one attached hydrogen (secondary N) is 2. The van der Waals surface area contributed by atoms with Crippen LogP contribution < -0.4 is 21.3 Å². The second-order valence-electron chi connectivity index (χ2n) is 8.75. The largest absolute Gasteiger partial charge is 0.366 e. The molecule has 1 aromatic heterocycles. The van der Waals surface area contributed by atoms with Crippen LogP contribution in [0.2, 0.25) is 0 Å². The van der Waals surface area contributed by atoms with Crippen molar-refractivity contribution in [2.24, 2.45) is 5.73 Å². The first-order valence-electron chi connectivity index (χ1n) is 11.5. The lowest BCUT2D eigenvalue weighted by atomic mass is 9.91. The third-order valence-corrected chi connectivity index (χ3v) is 7.17. The standard InChI is InChI=1S/C24H31N5O3S/c1-16(30)26-20-15-17(23(31)27-19-7-5-18(25)6-8-19)4-9-21(20)28-10-12-29(13-11-28)24(32)22-3-2-14-33-22/h2-4,9,14-15,18-19H,5-8,10-13,25H2,1H3,(H,26,30)(H,27,31). The van der Waals surface area contributed by atoms with Crippen molar-refractivity contribution in [2.75, 3.05) is 36.4 Å². The van der Waals surface area contributed by atoms with Crippen LogP contribution in [0.1, 0.15) is 52.6 Å². The topological polar surface area (TPSA) is 108 Å². The summed E-state index contributed by atoms with van der Waals surface area (Å²) in [5, 5.41) is 7.89. The lowest BCUT2D eigenvalue weighted by molar-refractivity contribution is -0.114. The number of nitrogens with zero attached hydrogens (tertiary/aromatic N) is 2. The van der Waals surface area contributed by atoms with Gasteiger partial charge in [0.2, 0.25) is 5.91 Å². The zero-order valence-electron chi connectivity index (χ0n) is 18.9. The fourth-order valence-corrected chi connectivity index (χ4v) is 5.17. The van der Waals surface area contributed by atoms with Gasteiger partial charge in [0, 0.05) is 50.7 Å². The summed E-state index contributed by atoms with van der Waals surface area (Å²) in [5.74, 6) is -0.274. The predicted octanol–water partition coefficient (Wildman–Crippen LogP) is 2.67.